The second kappa shape index (κ2) is 6.02. The van der Waals surface area contributed by atoms with Crippen LogP contribution in [-0.2, 0) is 10.9 Å². The van der Waals surface area contributed by atoms with Crippen molar-refractivity contribution in [2.75, 3.05) is 13.1 Å². The summed E-state index contributed by atoms with van der Waals surface area (Å²) in [6.07, 6.45) is -4.66. The van der Waals surface area contributed by atoms with Gasteiger partial charge in [0, 0.05) is 19.0 Å². The minimum Gasteiger partial charge on any atom is -0.444 e. The van der Waals surface area contributed by atoms with Gasteiger partial charge in [0.1, 0.15) is 11.4 Å². The van der Waals surface area contributed by atoms with Crippen LogP contribution >= 0.6 is 0 Å². The van der Waals surface area contributed by atoms with Crippen molar-refractivity contribution >= 4 is 6.09 Å². The lowest BCUT2D eigenvalue weighted by Crippen LogP contribution is -2.35. The quantitative estimate of drug-likeness (QED) is 0.705. The first-order valence-corrected chi connectivity index (χ1v) is 7.32. The highest BCUT2D eigenvalue weighted by Crippen LogP contribution is 2.35. The third-order valence-corrected chi connectivity index (χ3v) is 3.60. The Morgan fingerprint density at radius 3 is 2.48 bits per heavy atom. The molecule has 128 valence electrons. The van der Waals surface area contributed by atoms with Crippen LogP contribution in [0.1, 0.15) is 44.2 Å². The number of carbonyl (C=O) groups excluding carboxylic acids is 1. The molecule has 0 aromatic heterocycles. The van der Waals surface area contributed by atoms with Crippen LogP contribution in [0.15, 0.2) is 18.2 Å². The SMILES string of the molecule is CC(C)(C)OC(=O)N1CCC(c2cc(C(F)(F)F)ccc2F)C1. The highest BCUT2D eigenvalue weighted by atomic mass is 19.4. The predicted octanol–water partition coefficient (Wildman–Crippen LogP) is 4.57. The molecule has 0 bridgehead atoms. The van der Waals surface area contributed by atoms with E-state index in [4.69, 9.17) is 4.74 Å². The summed E-state index contributed by atoms with van der Waals surface area (Å²) < 4.78 is 57.4. The third kappa shape index (κ3) is 4.36. The summed E-state index contributed by atoms with van der Waals surface area (Å²) in [6, 6.07) is 2.38. The van der Waals surface area contributed by atoms with Crippen LogP contribution < -0.4 is 0 Å². The van der Waals surface area contributed by atoms with E-state index < -0.39 is 35.2 Å². The number of hydrogen-bond acceptors (Lipinski definition) is 2. The summed E-state index contributed by atoms with van der Waals surface area (Å²) >= 11 is 0. The van der Waals surface area contributed by atoms with Crippen molar-refractivity contribution in [2.45, 2.75) is 44.9 Å². The van der Waals surface area contributed by atoms with Crippen LogP contribution in [0, 0.1) is 5.82 Å². The Hall–Kier alpha value is -1.79. The van der Waals surface area contributed by atoms with Gasteiger partial charge in [0.05, 0.1) is 5.56 Å². The molecule has 1 aliphatic heterocycles. The van der Waals surface area contributed by atoms with E-state index >= 15 is 0 Å². The summed E-state index contributed by atoms with van der Waals surface area (Å²) in [5.74, 6) is -1.15. The average molecular weight is 333 g/mol. The Morgan fingerprint density at radius 2 is 1.91 bits per heavy atom. The number of alkyl halides is 3. The van der Waals surface area contributed by atoms with Gasteiger partial charge in [0.2, 0.25) is 0 Å². The van der Waals surface area contributed by atoms with Crippen molar-refractivity contribution in [1.29, 1.82) is 0 Å². The van der Waals surface area contributed by atoms with Gasteiger partial charge >= 0.3 is 12.3 Å². The molecule has 1 amide bonds. The summed E-state index contributed by atoms with van der Waals surface area (Å²) in [7, 11) is 0. The van der Waals surface area contributed by atoms with E-state index in [0.29, 0.717) is 13.0 Å². The molecule has 0 saturated carbocycles. The number of carbonyl (C=O) groups is 1. The van der Waals surface area contributed by atoms with Crippen LogP contribution in [0.2, 0.25) is 0 Å². The van der Waals surface area contributed by atoms with E-state index in [-0.39, 0.29) is 12.1 Å². The minimum absolute atomic E-state index is 0.00844. The van der Waals surface area contributed by atoms with Crippen LogP contribution in [0.5, 0.6) is 0 Å². The number of ether oxygens (including phenoxy) is 1. The number of halogens is 4. The zero-order chi connectivity index (χ0) is 17.4. The van der Waals surface area contributed by atoms with Crippen LogP contribution in [0.4, 0.5) is 22.4 Å². The first kappa shape index (κ1) is 17.6. The van der Waals surface area contributed by atoms with Gasteiger partial charge in [0.15, 0.2) is 0 Å². The topological polar surface area (TPSA) is 29.5 Å². The van der Waals surface area contributed by atoms with Crippen LogP contribution in [0.25, 0.3) is 0 Å². The molecule has 1 aromatic rings. The number of hydrogen-bond donors (Lipinski definition) is 0. The van der Waals surface area contributed by atoms with Crippen molar-refractivity contribution < 1.29 is 27.1 Å². The molecule has 1 saturated heterocycles. The molecule has 0 N–H and O–H groups in total. The lowest BCUT2D eigenvalue weighted by atomic mass is 9.96. The fourth-order valence-corrected chi connectivity index (χ4v) is 2.54. The maximum Gasteiger partial charge on any atom is 0.416 e. The normalized spacial score (nSPS) is 19.1. The first-order chi connectivity index (χ1) is 10.5. The van der Waals surface area contributed by atoms with Gasteiger partial charge in [0.25, 0.3) is 0 Å². The molecule has 0 aliphatic carbocycles. The smallest absolute Gasteiger partial charge is 0.416 e. The van der Waals surface area contributed by atoms with Gasteiger partial charge in [-0.15, -0.1) is 0 Å². The summed E-state index contributed by atoms with van der Waals surface area (Å²) in [6.45, 7) is 5.66. The van der Waals surface area contributed by atoms with Crippen molar-refractivity contribution in [3.8, 4) is 0 Å². The molecule has 0 spiro atoms. The Bertz CT molecular complexity index is 593. The zero-order valence-electron chi connectivity index (χ0n) is 13.2. The fourth-order valence-electron chi connectivity index (χ4n) is 2.54. The van der Waals surface area contributed by atoms with Gasteiger partial charge < -0.3 is 9.64 Å². The molecule has 1 aliphatic rings. The predicted molar refractivity (Wildman–Crippen MR) is 76.6 cm³/mol. The van der Waals surface area contributed by atoms with Gasteiger partial charge in [-0.25, -0.2) is 9.18 Å². The molecule has 7 heteroatoms. The molecule has 3 nitrogen and oxygen atoms in total. The van der Waals surface area contributed by atoms with Gasteiger partial charge in [-0.2, -0.15) is 13.2 Å². The summed E-state index contributed by atoms with van der Waals surface area (Å²) in [5, 5.41) is 0. The number of amides is 1. The number of benzene rings is 1. The highest BCUT2D eigenvalue weighted by molar-refractivity contribution is 5.68. The Labute approximate surface area is 132 Å². The molecule has 0 radical (unpaired) electrons. The van der Waals surface area contributed by atoms with Crippen molar-refractivity contribution in [3.05, 3.63) is 35.1 Å². The lowest BCUT2D eigenvalue weighted by Gasteiger charge is -2.24. The fraction of sp³-hybridized carbons (Fsp3) is 0.562. The maximum absolute atomic E-state index is 13.9. The third-order valence-electron chi connectivity index (χ3n) is 3.60. The Kier molecular flexibility index (Phi) is 4.59. The Balaban J connectivity index is 2.14. The van der Waals surface area contributed by atoms with E-state index in [2.05, 4.69) is 0 Å². The van der Waals surface area contributed by atoms with Crippen LogP contribution in [-0.4, -0.2) is 29.7 Å². The number of likely N-dealkylation sites (tertiary alicyclic amines) is 1. The second-order valence-corrected chi connectivity index (χ2v) is 6.65. The largest absolute Gasteiger partial charge is 0.444 e. The average Bonchev–Trinajstić information content (AvgIpc) is 2.85. The minimum atomic E-state index is -4.52. The second-order valence-electron chi connectivity index (χ2n) is 6.65. The van der Waals surface area contributed by atoms with E-state index in [0.717, 1.165) is 18.2 Å². The molecule has 1 fully saturated rings. The van der Waals surface area contributed by atoms with E-state index in [1.165, 1.54) is 4.90 Å². The van der Waals surface area contributed by atoms with Crippen LogP contribution in [0.3, 0.4) is 0 Å². The lowest BCUT2D eigenvalue weighted by molar-refractivity contribution is -0.137. The number of nitrogens with zero attached hydrogens (tertiary/aromatic N) is 1. The van der Waals surface area contributed by atoms with Gasteiger partial charge in [-0.1, -0.05) is 0 Å². The van der Waals surface area contributed by atoms with Crippen molar-refractivity contribution in [3.63, 3.8) is 0 Å². The van der Waals surface area contributed by atoms with Crippen molar-refractivity contribution in [1.82, 2.24) is 4.90 Å². The summed E-state index contributed by atoms with van der Waals surface area (Å²) in [5.41, 5.74) is -1.55. The molecule has 1 unspecified atom stereocenters. The molecular formula is C16H19F4NO2. The highest BCUT2D eigenvalue weighted by Gasteiger charge is 2.35. The standard InChI is InChI=1S/C16H19F4NO2/c1-15(2,3)23-14(22)21-7-6-10(9-21)12-8-11(16(18,19)20)4-5-13(12)17/h4-5,8,10H,6-7,9H2,1-3H3. The maximum atomic E-state index is 13.9. The van der Waals surface area contributed by atoms with E-state index in [1.807, 2.05) is 0 Å². The van der Waals surface area contributed by atoms with Gasteiger partial charge in [-0.3, -0.25) is 0 Å². The Morgan fingerprint density at radius 1 is 1.26 bits per heavy atom. The first-order valence-electron chi connectivity index (χ1n) is 7.32. The van der Waals surface area contributed by atoms with Gasteiger partial charge in [-0.05, 0) is 51.0 Å². The molecule has 23 heavy (non-hydrogen) atoms. The van der Waals surface area contributed by atoms with Crippen molar-refractivity contribution in [2.24, 2.45) is 0 Å². The molecule has 1 aromatic carbocycles. The summed E-state index contributed by atoms with van der Waals surface area (Å²) in [4.78, 5) is 13.4. The molecule has 1 heterocycles. The molecule has 2 rings (SSSR count). The monoisotopic (exact) mass is 333 g/mol. The number of rotatable bonds is 1. The zero-order valence-corrected chi connectivity index (χ0v) is 13.2. The molecular weight excluding hydrogens is 314 g/mol. The van der Waals surface area contributed by atoms with E-state index in [9.17, 15) is 22.4 Å². The molecule has 1 atom stereocenters. The van der Waals surface area contributed by atoms with E-state index in [1.54, 1.807) is 20.8 Å².